The van der Waals surface area contributed by atoms with Gasteiger partial charge in [0.25, 0.3) is 5.91 Å². The number of carbonyl (C=O) groups excluding carboxylic acids is 2. The molecule has 1 aliphatic heterocycles. The van der Waals surface area contributed by atoms with E-state index in [0.717, 1.165) is 21.7 Å². The number of carbonyl (C=O) groups is 2. The monoisotopic (exact) mass is 445 g/mol. The van der Waals surface area contributed by atoms with Gasteiger partial charge in [-0.2, -0.15) is 0 Å². The summed E-state index contributed by atoms with van der Waals surface area (Å²) in [7, 11) is -3.72. The van der Waals surface area contributed by atoms with Gasteiger partial charge in [0.05, 0.1) is 25.2 Å². The van der Waals surface area contributed by atoms with Gasteiger partial charge in [-0.1, -0.05) is 17.7 Å². The van der Waals surface area contributed by atoms with Gasteiger partial charge >= 0.3 is 0 Å². The van der Waals surface area contributed by atoms with E-state index >= 15 is 0 Å². The van der Waals surface area contributed by atoms with Crippen molar-refractivity contribution in [2.24, 2.45) is 0 Å². The predicted octanol–water partition coefficient (Wildman–Crippen LogP) is 2.18. The minimum Gasteiger partial charge on any atom is -0.378 e. The van der Waals surface area contributed by atoms with E-state index in [-0.39, 0.29) is 12.5 Å². The number of anilines is 2. The summed E-state index contributed by atoms with van der Waals surface area (Å²) in [6.45, 7) is 5.51. The maximum absolute atomic E-state index is 12.6. The summed E-state index contributed by atoms with van der Waals surface area (Å²) in [6.07, 6.45) is 1.05. The number of nitrogens with one attached hydrogen (secondary N) is 1. The van der Waals surface area contributed by atoms with Crippen molar-refractivity contribution in [2.45, 2.75) is 13.8 Å². The molecule has 0 atom stereocenters. The molecule has 0 radical (unpaired) electrons. The molecule has 0 aliphatic carbocycles. The smallest absolute Gasteiger partial charge is 0.254 e. The minimum absolute atomic E-state index is 0.131. The molecule has 1 heterocycles. The summed E-state index contributed by atoms with van der Waals surface area (Å²) >= 11 is 0. The number of hydrogen-bond donors (Lipinski definition) is 1. The summed E-state index contributed by atoms with van der Waals surface area (Å²) in [6, 6.07) is 11.8. The Hall–Kier alpha value is -2.91. The lowest BCUT2D eigenvalue weighted by Gasteiger charge is -2.27. The Morgan fingerprint density at radius 2 is 1.71 bits per heavy atom. The van der Waals surface area contributed by atoms with Gasteiger partial charge in [-0.15, -0.1) is 0 Å². The molecule has 3 rings (SSSR count). The number of rotatable bonds is 6. The van der Waals surface area contributed by atoms with Crippen molar-refractivity contribution in [3.05, 3.63) is 59.2 Å². The average molecular weight is 446 g/mol. The van der Waals surface area contributed by atoms with Gasteiger partial charge in [0.2, 0.25) is 15.9 Å². The number of sulfonamides is 1. The fraction of sp³-hybridized carbons (Fsp3) is 0.364. The van der Waals surface area contributed by atoms with E-state index in [1.165, 1.54) is 0 Å². The van der Waals surface area contributed by atoms with Gasteiger partial charge < -0.3 is 15.0 Å². The van der Waals surface area contributed by atoms with Crippen molar-refractivity contribution >= 4 is 33.2 Å². The van der Waals surface area contributed by atoms with Gasteiger partial charge in [0, 0.05) is 24.3 Å². The second-order valence-electron chi connectivity index (χ2n) is 7.59. The molecular weight excluding hydrogens is 418 g/mol. The Kier molecular flexibility index (Phi) is 6.97. The van der Waals surface area contributed by atoms with Crippen molar-refractivity contribution in [2.75, 3.05) is 48.7 Å². The van der Waals surface area contributed by atoms with Crippen LogP contribution < -0.4 is 9.62 Å². The molecule has 0 bridgehead atoms. The van der Waals surface area contributed by atoms with Crippen LogP contribution >= 0.6 is 0 Å². The van der Waals surface area contributed by atoms with Crippen LogP contribution in [0.15, 0.2) is 42.5 Å². The first kappa shape index (κ1) is 22.8. The lowest BCUT2D eigenvalue weighted by atomic mass is 10.1. The van der Waals surface area contributed by atoms with E-state index in [9.17, 15) is 18.0 Å². The van der Waals surface area contributed by atoms with Crippen LogP contribution in [0.2, 0.25) is 0 Å². The van der Waals surface area contributed by atoms with Gasteiger partial charge in [0.15, 0.2) is 0 Å². The number of amides is 2. The molecule has 9 heteroatoms. The zero-order valence-electron chi connectivity index (χ0n) is 17.9. The fourth-order valence-corrected chi connectivity index (χ4v) is 4.25. The topological polar surface area (TPSA) is 96.0 Å². The van der Waals surface area contributed by atoms with Crippen molar-refractivity contribution in [1.82, 2.24) is 4.90 Å². The first-order valence-corrected chi connectivity index (χ1v) is 11.8. The molecule has 0 saturated carbocycles. The van der Waals surface area contributed by atoms with Crippen LogP contribution in [-0.4, -0.2) is 64.2 Å². The number of ether oxygens (including phenoxy) is 1. The SMILES string of the molecule is Cc1ccc(NC(=O)CN(c2ccc(C(=O)N3CCOCC3)cc2)S(C)(=O)=O)c(C)c1. The summed E-state index contributed by atoms with van der Waals surface area (Å²) in [5.41, 5.74) is 3.37. The average Bonchev–Trinajstić information content (AvgIpc) is 2.73. The molecule has 1 fully saturated rings. The van der Waals surface area contributed by atoms with Gasteiger partial charge in [-0.3, -0.25) is 13.9 Å². The summed E-state index contributed by atoms with van der Waals surface area (Å²) in [5.74, 6) is -0.584. The second kappa shape index (κ2) is 9.49. The lowest BCUT2D eigenvalue weighted by Crippen LogP contribution is -2.40. The number of hydrogen-bond acceptors (Lipinski definition) is 5. The quantitative estimate of drug-likeness (QED) is 0.735. The number of benzene rings is 2. The Labute approximate surface area is 182 Å². The van der Waals surface area contributed by atoms with Crippen LogP contribution in [0.25, 0.3) is 0 Å². The minimum atomic E-state index is -3.72. The fourth-order valence-electron chi connectivity index (χ4n) is 3.39. The molecule has 2 aromatic carbocycles. The molecule has 31 heavy (non-hydrogen) atoms. The molecule has 0 aromatic heterocycles. The molecular formula is C22H27N3O5S. The molecule has 1 saturated heterocycles. The molecule has 1 aliphatic rings. The van der Waals surface area contributed by atoms with Gasteiger partial charge in [0.1, 0.15) is 6.54 Å². The number of nitrogens with zero attached hydrogens (tertiary/aromatic N) is 2. The standard InChI is InChI=1S/C22H27N3O5S/c1-16-4-9-20(17(2)14-16)23-21(26)15-25(31(3,28)29)19-7-5-18(6-8-19)22(27)24-10-12-30-13-11-24/h4-9,14H,10-13,15H2,1-3H3,(H,23,26). The normalized spacial score (nSPS) is 14.2. The number of aryl methyl sites for hydroxylation is 2. The third kappa shape index (κ3) is 5.83. The Balaban J connectivity index is 1.74. The first-order chi connectivity index (χ1) is 14.6. The van der Waals surface area contributed by atoms with Crippen LogP contribution in [0, 0.1) is 13.8 Å². The summed E-state index contributed by atoms with van der Waals surface area (Å²) in [4.78, 5) is 26.9. The highest BCUT2D eigenvalue weighted by Gasteiger charge is 2.23. The van der Waals surface area contributed by atoms with Crippen molar-refractivity contribution in [1.29, 1.82) is 0 Å². The third-order valence-corrected chi connectivity index (χ3v) is 6.18. The van der Waals surface area contributed by atoms with Crippen LogP contribution in [0.1, 0.15) is 21.5 Å². The molecule has 2 amide bonds. The predicted molar refractivity (Wildman–Crippen MR) is 120 cm³/mol. The van der Waals surface area contributed by atoms with E-state index in [1.807, 2.05) is 26.0 Å². The summed E-state index contributed by atoms with van der Waals surface area (Å²) < 4.78 is 31.0. The maximum Gasteiger partial charge on any atom is 0.254 e. The van der Waals surface area contributed by atoms with Crippen LogP contribution in [0.4, 0.5) is 11.4 Å². The van der Waals surface area contributed by atoms with Gasteiger partial charge in [-0.25, -0.2) is 8.42 Å². The van der Waals surface area contributed by atoms with Crippen LogP contribution in [0.5, 0.6) is 0 Å². The highest BCUT2D eigenvalue weighted by Crippen LogP contribution is 2.21. The van der Waals surface area contributed by atoms with Gasteiger partial charge in [-0.05, 0) is 49.7 Å². The molecule has 2 aromatic rings. The van der Waals surface area contributed by atoms with Crippen molar-refractivity contribution in [3.63, 3.8) is 0 Å². The first-order valence-electron chi connectivity index (χ1n) is 9.97. The number of morpholine rings is 1. The lowest BCUT2D eigenvalue weighted by molar-refractivity contribution is -0.114. The van der Waals surface area contributed by atoms with E-state index in [4.69, 9.17) is 4.74 Å². The Morgan fingerprint density at radius 3 is 2.29 bits per heavy atom. The van der Waals surface area contributed by atoms with E-state index in [0.29, 0.717) is 43.2 Å². The molecule has 166 valence electrons. The van der Waals surface area contributed by atoms with E-state index in [2.05, 4.69) is 5.32 Å². The molecule has 8 nitrogen and oxygen atoms in total. The third-order valence-electron chi connectivity index (χ3n) is 5.04. The van der Waals surface area contributed by atoms with Crippen LogP contribution in [0.3, 0.4) is 0 Å². The Bertz CT molecular complexity index is 1060. The molecule has 1 N–H and O–H groups in total. The maximum atomic E-state index is 12.6. The second-order valence-corrected chi connectivity index (χ2v) is 9.49. The van der Waals surface area contributed by atoms with Crippen molar-refractivity contribution < 1.29 is 22.7 Å². The molecule has 0 unspecified atom stereocenters. The highest BCUT2D eigenvalue weighted by molar-refractivity contribution is 7.92. The zero-order valence-corrected chi connectivity index (χ0v) is 18.7. The zero-order chi connectivity index (χ0) is 22.6. The largest absolute Gasteiger partial charge is 0.378 e. The summed E-state index contributed by atoms with van der Waals surface area (Å²) in [5, 5.41) is 2.76. The van der Waals surface area contributed by atoms with E-state index in [1.54, 1.807) is 35.2 Å². The van der Waals surface area contributed by atoms with Crippen LogP contribution in [-0.2, 0) is 19.6 Å². The van der Waals surface area contributed by atoms with Crippen molar-refractivity contribution in [3.8, 4) is 0 Å². The molecule has 0 spiro atoms. The van der Waals surface area contributed by atoms with E-state index < -0.39 is 15.9 Å². The Morgan fingerprint density at radius 1 is 1.06 bits per heavy atom. The highest BCUT2D eigenvalue weighted by atomic mass is 32.2.